The molecule has 190 valence electrons. The first kappa shape index (κ1) is 27.3. The number of nitrogens with zero attached hydrogens (tertiary/aromatic N) is 1. The van der Waals surface area contributed by atoms with E-state index in [0.29, 0.717) is 15.8 Å². The molecule has 1 aliphatic carbocycles. The van der Waals surface area contributed by atoms with Crippen LogP contribution in [0.2, 0.25) is 10.0 Å². The molecule has 0 unspecified atom stereocenters. The van der Waals surface area contributed by atoms with Crippen molar-refractivity contribution in [2.45, 2.75) is 83.8 Å². The fraction of sp³-hybridized carbons (Fsp3) is 0.500. The second-order valence-corrected chi connectivity index (χ2v) is 11.2. The lowest BCUT2D eigenvalue weighted by Gasteiger charge is -2.31. The minimum Gasteiger partial charge on any atom is -0.484 e. The molecule has 0 spiro atoms. The molecule has 1 aliphatic rings. The lowest BCUT2D eigenvalue weighted by Crippen LogP contribution is -2.51. The van der Waals surface area contributed by atoms with Gasteiger partial charge in [0.1, 0.15) is 11.8 Å². The number of amides is 2. The molecule has 5 nitrogen and oxygen atoms in total. The zero-order valence-electron chi connectivity index (χ0n) is 21.1. The number of ether oxygens (including phenoxy) is 1. The van der Waals surface area contributed by atoms with Crippen molar-refractivity contribution in [3.8, 4) is 5.75 Å². The third-order valence-electron chi connectivity index (χ3n) is 6.54. The van der Waals surface area contributed by atoms with Gasteiger partial charge in [-0.1, -0.05) is 81.4 Å². The van der Waals surface area contributed by atoms with Crippen molar-refractivity contribution in [3.05, 3.63) is 63.6 Å². The molecule has 1 fully saturated rings. The summed E-state index contributed by atoms with van der Waals surface area (Å²) < 4.78 is 5.81. The van der Waals surface area contributed by atoms with Crippen molar-refractivity contribution in [1.29, 1.82) is 0 Å². The van der Waals surface area contributed by atoms with Crippen LogP contribution in [0.3, 0.4) is 0 Å². The zero-order chi connectivity index (χ0) is 25.6. The molecular weight excluding hydrogens is 483 g/mol. The minimum absolute atomic E-state index is 0.0339. The van der Waals surface area contributed by atoms with Crippen LogP contribution in [0.25, 0.3) is 0 Å². The first-order chi connectivity index (χ1) is 16.5. The highest BCUT2D eigenvalue weighted by Gasteiger charge is 2.28. The van der Waals surface area contributed by atoms with E-state index < -0.39 is 6.04 Å². The molecule has 3 rings (SSSR count). The van der Waals surface area contributed by atoms with Crippen LogP contribution in [0.4, 0.5) is 0 Å². The standard InChI is InChI=1S/C28H36Cl2N2O3/c1-19(27(34)31-22-8-6-5-7-9-22)32(17-20-10-15-24(29)25(30)16-20)26(33)18-35-23-13-11-21(12-14-23)28(2,3)4/h10-16,19,22H,5-9,17-18H2,1-4H3,(H,31,34)/t19-/m1/s1. The van der Waals surface area contributed by atoms with Crippen LogP contribution in [0.15, 0.2) is 42.5 Å². The summed E-state index contributed by atoms with van der Waals surface area (Å²) in [6, 6.07) is 12.5. The van der Waals surface area contributed by atoms with Gasteiger partial charge >= 0.3 is 0 Å². The summed E-state index contributed by atoms with van der Waals surface area (Å²) >= 11 is 12.3. The van der Waals surface area contributed by atoms with E-state index in [-0.39, 0.29) is 36.4 Å². The van der Waals surface area contributed by atoms with Crippen LogP contribution in [0.5, 0.6) is 5.75 Å². The van der Waals surface area contributed by atoms with Crippen molar-refractivity contribution in [2.75, 3.05) is 6.61 Å². The average Bonchev–Trinajstić information content (AvgIpc) is 2.83. The maximum absolute atomic E-state index is 13.3. The van der Waals surface area contributed by atoms with Gasteiger partial charge < -0.3 is 15.0 Å². The van der Waals surface area contributed by atoms with Crippen LogP contribution in [0, 0.1) is 0 Å². The highest BCUT2D eigenvalue weighted by molar-refractivity contribution is 6.42. The Morgan fingerprint density at radius 1 is 1.03 bits per heavy atom. The molecule has 1 saturated carbocycles. The Morgan fingerprint density at radius 3 is 2.29 bits per heavy atom. The van der Waals surface area contributed by atoms with E-state index in [1.54, 1.807) is 24.0 Å². The molecule has 0 aromatic heterocycles. The van der Waals surface area contributed by atoms with E-state index in [0.717, 1.165) is 31.2 Å². The lowest BCUT2D eigenvalue weighted by atomic mass is 9.87. The van der Waals surface area contributed by atoms with Gasteiger partial charge in [-0.3, -0.25) is 9.59 Å². The third kappa shape index (κ3) is 7.88. The molecule has 0 radical (unpaired) electrons. The Morgan fingerprint density at radius 2 is 1.69 bits per heavy atom. The number of benzene rings is 2. The second kappa shape index (κ2) is 12.1. The summed E-state index contributed by atoms with van der Waals surface area (Å²) in [6.45, 7) is 8.25. The topological polar surface area (TPSA) is 58.6 Å². The van der Waals surface area contributed by atoms with Crippen LogP contribution in [0.1, 0.15) is 70.9 Å². The normalized spacial score (nSPS) is 15.4. The predicted octanol–water partition coefficient (Wildman–Crippen LogP) is 6.54. The first-order valence-electron chi connectivity index (χ1n) is 12.3. The van der Waals surface area contributed by atoms with E-state index in [9.17, 15) is 9.59 Å². The molecule has 0 heterocycles. The third-order valence-corrected chi connectivity index (χ3v) is 7.28. The summed E-state index contributed by atoms with van der Waals surface area (Å²) in [6.07, 6.45) is 5.40. The summed E-state index contributed by atoms with van der Waals surface area (Å²) in [5, 5.41) is 3.98. The van der Waals surface area contributed by atoms with E-state index in [1.165, 1.54) is 12.0 Å². The van der Waals surface area contributed by atoms with Gasteiger partial charge in [-0.15, -0.1) is 0 Å². The molecule has 1 N–H and O–H groups in total. The second-order valence-electron chi connectivity index (χ2n) is 10.4. The number of hydrogen-bond acceptors (Lipinski definition) is 3. The largest absolute Gasteiger partial charge is 0.484 e. The smallest absolute Gasteiger partial charge is 0.261 e. The monoisotopic (exact) mass is 518 g/mol. The van der Waals surface area contributed by atoms with E-state index >= 15 is 0 Å². The molecule has 1 atom stereocenters. The maximum atomic E-state index is 13.3. The van der Waals surface area contributed by atoms with Crippen LogP contribution in [-0.4, -0.2) is 35.4 Å². The fourth-order valence-electron chi connectivity index (χ4n) is 4.27. The number of carbonyl (C=O) groups is 2. The Labute approximate surface area is 219 Å². The van der Waals surface area contributed by atoms with Gasteiger partial charge in [0, 0.05) is 12.6 Å². The van der Waals surface area contributed by atoms with Crippen LogP contribution < -0.4 is 10.1 Å². The minimum atomic E-state index is -0.661. The quantitative estimate of drug-likeness (QED) is 0.431. The highest BCUT2D eigenvalue weighted by Crippen LogP contribution is 2.26. The average molecular weight is 520 g/mol. The number of rotatable bonds is 8. The molecule has 7 heteroatoms. The van der Waals surface area contributed by atoms with Gasteiger partial charge in [0.2, 0.25) is 5.91 Å². The molecule has 0 saturated heterocycles. The maximum Gasteiger partial charge on any atom is 0.261 e. The Kier molecular flexibility index (Phi) is 9.48. The van der Waals surface area contributed by atoms with E-state index in [2.05, 4.69) is 26.1 Å². The van der Waals surface area contributed by atoms with Crippen molar-refractivity contribution in [3.63, 3.8) is 0 Å². The Hall–Kier alpha value is -2.24. The highest BCUT2D eigenvalue weighted by atomic mass is 35.5. The van der Waals surface area contributed by atoms with Crippen LogP contribution >= 0.6 is 23.2 Å². The Balaban J connectivity index is 1.72. The van der Waals surface area contributed by atoms with Crippen LogP contribution in [-0.2, 0) is 21.5 Å². The molecule has 2 aromatic carbocycles. The number of hydrogen-bond donors (Lipinski definition) is 1. The van der Waals surface area contributed by atoms with E-state index in [1.807, 2.05) is 30.3 Å². The number of nitrogens with one attached hydrogen (secondary N) is 1. The number of halogens is 2. The van der Waals surface area contributed by atoms with Crippen molar-refractivity contribution in [1.82, 2.24) is 10.2 Å². The summed E-state index contributed by atoms with van der Waals surface area (Å²) in [7, 11) is 0. The van der Waals surface area contributed by atoms with Gasteiger partial charge in [-0.2, -0.15) is 0 Å². The molecule has 2 amide bonds. The summed E-state index contributed by atoms with van der Waals surface area (Å²) in [5.41, 5.74) is 2.01. The van der Waals surface area contributed by atoms with E-state index in [4.69, 9.17) is 27.9 Å². The van der Waals surface area contributed by atoms with Gasteiger partial charge in [0.25, 0.3) is 5.91 Å². The molecule has 35 heavy (non-hydrogen) atoms. The van der Waals surface area contributed by atoms with Crippen molar-refractivity contribution in [2.24, 2.45) is 0 Å². The van der Waals surface area contributed by atoms with Gasteiger partial charge in [0.05, 0.1) is 10.0 Å². The zero-order valence-corrected chi connectivity index (χ0v) is 22.6. The Bertz CT molecular complexity index is 1010. The molecule has 0 bridgehead atoms. The van der Waals surface area contributed by atoms with Crippen molar-refractivity contribution >= 4 is 35.0 Å². The van der Waals surface area contributed by atoms with Gasteiger partial charge in [-0.05, 0) is 60.6 Å². The lowest BCUT2D eigenvalue weighted by molar-refractivity contribution is -0.142. The van der Waals surface area contributed by atoms with Gasteiger partial charge in [0.15, 0.2) is 6.61 Å². The fourth-order valence-corrected chi connectivity index (χ4v) is 4.59. The molecular formula is C28H36Cl2N2O3. The predicted molar refractivity (Wildman–Crippen MR) is 142 cm³/mol. The first-order valence-corrected chi connectivity index (χ1v) is 13.1. The summed E-state index contributed by atoms with van der Waals surface area (Å²) in [5.74, 6) is 0.183. The van der Waals surface area contributed by atoms with Crippen molar-refractivity contribution < 1.29 is 14.3 Å². The molecule has 2 aromatic rings. The molecule has 0 aliphatic heterocycles. The number of carbonyl (C=O) groups excluding carboxylic acids is 2. The summed E-state index contributed by atoms with van der Waals surface area (Å²) in [4.78, 5) is 27.9. The SMILES string of the molecule is C[C@H](C(=O)NC1CCCCC1)N(Cc1ccc(Cl)c(Cl)c1)C(=O)COc1ccc(C(C)(C)C)cc1. The van der Waals surface area contributed by atoms with Gasteiger partial charge in [-0.25, -0.2) is 0 Å².